The van der Waals surface area contributed by atoms with Gasteiger partial charge in [0.1, 0.15) is 4.88 Å². The van der Waals surface area contributed by atoms with Crippen LogP contribution in [0.3, 0.4) is 0 Å². The number of thiazole rings is 1. The zero-order chi connectivity index (χ0) is 17.1. The lowest BCUT2D eigenvalue weighted by Crippen LogP contribution is -2.48. The minimum atomic E-state index is -0.891. The summed E-state index contributed by atoms with van der Waals surface area (Å²) in [4.78, 5) is 40.3. The largest absolute Gasteiger partial charge is 0.345 e. The van der Waals surface area contributed by atoms with Gasteiger partial charge in [-0.15, -0.1) is 11.3 Å². The van der Waals surface area contributed by atoms with E-state index in [1.54, 1.807) is 6.92 Å². The van der Waals surface area contributed by atoms with Gasteiger partial charge in [-0.1, -0.05) is 30.3 Å². The van der Waals surface area contributed by atoms with Gasteiger partial charge in [0, 0.05) is 11.6 Å². The molecule has 124 valence electrons. The molecule has 1 heterocycles. The van der Waals surface area contributed by atoms with Crippen LogP contribution in [-0.2, 0) is 9.59 Å². The number of rotatable bonds is 3. The molecule has 7 nitrogen and oxygen atoms in total. The van der Waals surface area contributed by atoms with Crippen LogP contribution in [0.2, 0.25) is 0 Å². The number of carbonyl (C=O) groups excluding carboxylic acids is 3. The number of hydrazine groups is 1. The summed E-state index contributed by atoms with van der Waals surface area (Å²) in [5.41, 5.74) is 5.76. The molecule has 24 heavy (non-hydrogen) atoms. The van der Waals surface area contributed by atoms with Crippen LogP contribution in [-0.4, -0.2) is 28.7 Å². The van der Waals surface area contributed by atoms with E-state index in [0.717, 1.165) is 23.4 Å². The van der Waals surface area contributed by atoms with Crippen molar-refractivity contribution in [2.75, 3.05) is 0 Å². The quantitative estimate of drug-likeness (QED) is 0.574. The summed E-state index contributed by atoms with van der Waals surface area (Å²) in [6.07, 6.45) is 1.76. The van der Waals surface area contributed by atoms with Crippen LogP contribution in [0.15, 0.2) is 30.3 Å². The summed E-state index contributed by atoms with van der Waals surface area (Å²) in [6, 6.07) is 9.37. The molecule has 8 heteroatoms. The van der Waals surface area contributed by atoms with Gasteiger partial charge >= 0.3 is 11.8 Å². The van der Waals surface area contributed by atoms with Gasteiger partial charge in [-0.3, -0.25) is 25.2 Å². The minimum absolute atomic E-state index is 0.0766. The van der Waals surface area contributed by atoms with E-state index in [-0.39, 0.29) is 6.04 Å². The topological polar surface area (TPSA) is 100 Å². The van der Waals surface area contributed by atoms with Crippen molar-refractivity contribution in [2.24, 2.45) is 0 Å². The molecule has 0 atom stereocenters. The number of aryl methyl sites for hydroxylation is 1. The van der Waals surface area contributed by atoms with Gasteiger partial charge in [0.2, 0.25) is 0 Å². The van der Waals surface area contributed by atoms with Crippen molar-refractivity contribution in [3.8, 4) is 11.3 Å². The third-order valence-electron chi connectivity index (χ3n) is 3.40. The van der Waals surface area contributed by atoms with Crippen LogP contribution in [0.25, 0.3) is 11.3 Å². The first-order valence-corrected chi connectivity index (χ1v) is 8.30. The maximum Gasteiger partial charge on any atom is 0.327 e. The Balaban J connectivity index is 1.67. The maximum absolute atomic E-state index is 12.3. The van der Waals surface area contributed by atoms with Crippen LogP contribution in [0.5, 0.6) is 0 Å². The Morgan fingerprint density at radius 3 is 2.46 bits per heavy atom. The van der Waals surface area contributed by atoms with Crippen molar-refractivity contribution >= 4 is 29.1 Å². The molecule has 1 aliphatic rings. The number of carbonyl (C=O) groups is 3. The number of hydrogen-bond donors (Lipinski definition) is 3. The highest BCUT2D eigenvalue weighted by Gasteiger charge is 2.27. The van der Waals surface area contributed by atoms with E-state index in [4.69, 9.17) is 0 Å². The molecule has 1 aromatic heterocycles. The Morgan fingerprint density at radius 1 is 1.08 bits per heavy atom. The van der Waals surface area contributed by atoms with E-state index in [0.29, 0.717) is 10.6 Å². The van der Waals surface area contributed by atoms with Gasteiger partial charge < -0.3 is 5.32 Å². The van der Waals surface area contributed by atoms with Gasteiger partial charge in [0.25, 0.3) is 5.91 Å². The first-order chi connectivity index (χ1) is 11.5. The number of benzene rings is 1. The third-order valence-corrected chi connectivity index (χ3v) is 4.37. The summed E-state index contributed by atoms with van der Waals surface area (Å²) < 4.78 is 0. The molecular weight excluding hydrogens is 328 g/mol. The number of hydrogen-bond acceptors (Lipinski definition) is 5. The molecule has 3 N–H and O–H groups in total. The van der Waals surface area contributed by atoms with E-state index >= 15 is 0 Å². The smallest absolute Gasteiger partial charge is 0.327 e. The molecule has 2 aromatic rings. The molecule has 1 saturated carbocycles. The van der Waals surface area contributed by atoms with E-state index in [1.807, 2.05) is 30.3 Å². The second kappa shape index (κ2) is 6.79. The first kappa shape index (κ1) is 16.1. The zero-order valence-corrected chi connectivity index (χ0v) is 13.8. The number of amides is 3. The lowest BCUT2D eigenvalue weighted by atomic mass is 10.1. The van der Waals surface area contributed by atoms with Crippen molar-refractivity contribution in [3.63, 3.8) is 0 Å². The van der Waals surface area contributed by atoms with Crippen molar-refractivity contribution in [1.29, 1.82) is 0 Å². The SMILES string of the molecule is Cc1nc(-c2ccccc2)c(C(=O)NNC(=O)C(=O)NC2CC2)s1. The molecule has 0 unspecified atom stereocenters. The molecule has 0 aliphatic heterocycles. The van der Waals surface area contributed by atoms with E-state index in [1.165, 1.54) is 11.3 Å². The van der Waals surface area contributed by atoms with E-state index in [2.05, 4.69) is 21.2 Å². The summed E-state index contributed by atoms with van der Waals surface area (Å²) in [5, 5.41) is 3.28. The van der Waals surface area contributed by atoms with Crippen LogP contribution in [0.4, 0.5) is 0 Å². The highest BCUT2D eigenvalue weighted by atomic mass is 32.1. The zero-order valence-electron chi connectivity index (χ0n) is 13.0. The fourth-order valence-corrected chi connectivity index (χ4v) is 2.91. The normalized spacial score (nSPS) is 13.2. The standard InChI is InChI=1S/C16H16N4O3S/c1-9-17-12(10-5-3-2-4-6-10)13(24-9)14(21)19-20-16(23)15(22)18-11-7-8-11/h2-6,11H,7-8H2,1H3,(H,18,22)(H,19,21)(H,20,23). The molecule has 0 saturated heterocycles. The lowest BCUT2D eigenvalue weighted by Gasteiger charge is -2.07. The van der Waals surface area contributed by atoms with Crippen molar-refractivity contribution < 1.29 is 14.4 Å². The fourth-order valence-electron chi connectivity index (χ4n) is 2.08. The number of nitrogens with one attached hydrogen (secondary N) is 3. The molecule has 0 radical (unpaired) electrons. The molecule has 3 rings (SSSR count). The monoisotopic (exact) mass is 344 g/mol. The van der Waals surface area contributed by atoms with E-state index in [9.17, 15) is 14.4 Å². The first-order valence-electron chi connectivity index (χ1n) is 7.48. The summed E-state index contributed by atoms with van der Waals surface area (Å²) in [5.74, 6) is -2.15. The Kier molecular flexibility index (Phi) is 4.57. The Bertz CT molecular complexity index is 784. The summed E-state index contributed by atoms with van der Waals surface area (Å²) in [6.45, 7) is 1.80. The fraction of sp³-hybridized carbons (Fsp3) is 0.250. The molecule has 1 fully saturated rings. The van der Waals surface area contributed by atoms with Gasteiger partial charge in [-0.2, -0.15) is 0 Å². The Labute approximate surface area is 142 Å². The van der Waals surface area contributed by atoms with Crippen molar-refractivity contribution in [1.82, 2.24) is 21.2 Å². The Hall–Kier alpha value is -2.74. The highest BCUT2D eigenvalue weighted by molar-refractivity contribution is 7.14. The van der Waals surface area contributed by atoms with Crippen LogP contribution in [0.1, 0.15) is 27.5 Å². The van der Waals surface area contributed by atoms with Crippen molar-refractivity contribution in [2.45, 2.75) is 25.8 Å². The average molecular weight is 344 g/mol. The number of nitrogens with zero attached hydrogens (tertiary/aromatic N) is 1. The van der Waals surface area contributed by atoms with Crippen LogP contribution >= 0.6 is 11.3 Å². The van der Waals surface area contributed by atoms with Gasteiger partial charge in [-0.25, -0.2) is 4.98 Å². The van der Waals surface area contributed by atoms with E-state index < -0.39 is 17.7 Å². The average Bonchev–Trinajstić information content (AvgIpc) is 3.31. The predicted octanol–water partition coefficient (Wildman–Crippen LogP) is 1.16. The highest BCUT2D eigenvalue weighted by Crippen LogP contribution is 2.27. The van der Waals surface area contributed by atoms with Crippen molar-refractivity contribution in [3.05, 3.63) is 40.2 Å². The van der Waals surface area contributed by atoms with Crippen LogP contribution in [0, 0.1) is 6.92 Å². The second-order valence-electron chi connectivity index (χ2n) is 5.43. The van der Waals surface area contributed by atoms with Gasteiger partial charge in [0.15, 0.2) is 0 Å². The van der Waals surface area contributed by atoms with Gasteiger partial charge in [0.05, 0.1) is 10.7 Å². The second-order valence-corrected chi connectivity index (χ2v) is 6.64. The van der Waals surface area contributed by atoms with Gasteiger partial charge in [-0.05, 0) is 19.8 Å². The summed E-state index contributed by atoms with van der Waals surface area (Å²) >= 11 is 1.22. The molecule has 0 bridgehead atoms. The number of aromatic nitrogens is 1. The third kappa shape index (κ3) is 3.77. The predicted molar refractivity (Wildman–Crippen MR) is 89.1 cm³/mol. The maximum atomic E-state index is 12.3. The summed E-state index contributed by atoms with van der Waals surface area (Å²) in [7, 11) is 0. The molecule has 1 aliphatic carbocycles. The Morgan fingerprint density at radius 2 is 1.79 bits per heavy atom. The molecule has 1 aromatic carbocycles. The molecular formula is C16H16N4O3S. The lowest BCUT2D eigenvalue weighted by molar-refractivity contribution is -0.139. The molecule has 0 spiro atoms. The molecule has 3 amide bonds. The van der Waals surface area contributed by atoms with Crippen LogP contribution < -0.4 is 16.2 Å². The minimum Gasteiger partial charge on any atom is -0.345 e.